The summed E-state index contributed by atoms with van der Waals surface area (Å²) in [7, 11) is 0. The van der Waals surface area contributed by atoms with Gasteiger partial charge in [0, 0.05) is 39.3 Å². The molecule has 150 valence electrons. The first-order chi connectivity index (χ1) is 13.7. The lowest BCUT2D eigenvalue weighted by atomic mass is 10.2. The predicted octanol–water partition coefficient (Wildman–Crippen LogP) is 1.44. The van der Waals surface area contributed by atoms with Crippen molar-refractivity contribution >= 4 is 16.8 Å². The van der Waals surface area contributed by atoms with Crippen LogP contribution in [0.15, 0.2) is 29.1 Å². The number of benzene rings is 1. The highest BCUT2D eigenvalue weighted by atomic mass is 16.2. The summed E-state index contributed by atoms with van der Waals surface area (Å²) in [5, 5.41) is 0.628. The lowest BCUT2D eigenvalue weighted by Gasteiger charge is -2.35. The smallest absolute Gasteiger partial charge is 0.258 e. The van der Waals surface area contributed by atoms with Crippen LogP contribution in [-0.4, -0.2) is 76.4 Å². The van der Waals surface area contributed by atoms with E-state index in [1.165, 1.54) is 12.8 Å². The number of hydrogen-bond donors (Lipinski definition) is 1. The first-order valence-electron chi connectivity index (χ1n) is 10.4. The van der Waals surface area contributed by atoms with Gasteiger partial charge in [0.2, 0.25) is 5.91 Å². The minimum absolute atomic E-state index is 0.0812. The van der Waals surface area contributed by atoms with Crippen LogP contribution < -0.4 is 5.56 Å². The van der Waals surface area contributed by atoms with E-state index in [0.29, 0.717) is 24.3 Å². The molecule has 3 heterocycles. The lowest BCUT2D eigenvalue weighted by Crippen LogP contribution is -2.50. The van der Waals surface area contributed by atoms with Crippen molar-refractivity contribution in [2.24, 2.45) is 0 Å². The third-order valence-electron chi connectivity index (χ3n) is 5.82. The van der Waals surface area contributed by atoms with Gasteiger partial charge in [-0.2, -0.15) is 0 Å². The summed E-state index contributed by atoms with van der Waals surface area (Å²) in [5.41, 5.74) is 0.658. The molecule has 0 aliphatic carbocycles. The van der Waals surface area contributed by atoms with Crippen LogP contribution in [0.3, 0.4) is 0 Å². The van der Waals surface area contributed by atoms with E-state index < -0.39 is 0 Å². The Labute approximate surface area is 165 Å². The minimum atomic E-state index is -0.0812. The van der Waals surface area contributed by atoms with E-state index in [1.807, 2.05) is 23.1 Å². The number of fused-ring (bicyclic) bond motifs is 1. The fourth-order valence-corrected chi connectivity index (χ4v) is 4.14. The van der Waals surface area contributed by atoms with Crippen molar-refractivity contribution in [3.05, 3.63) is 40.4 Å². The molecule has 0 atom stereocenters. The quantitative estimate of drug-likeness (QED) is 0.865. The van der Waals surface area contributed by atoms with Crippen molar-refractivity contribution in [3.63, 3.8) is 0 Å². The molecule has 2 aromatic rings. The Hall–Kier alpha value is -2.25. The molecule has 1 amide bonds. The maximum atomic E-state index is 12.6. The van der Waals surface area contributed by atoms with Crippen LogP contribution >= 0.6 is 0 Å². The summed E-state index contributed by atoms with van der Waals surface area (Å²) in [6.45, 7) is 6.49. The standard InChI is InChI=1S/C21H29N5O2/c27-20(26-9-5-1-2-6-10-26)16-25-13-11-24(12-14-25)15-19-22-18-8-4-3-7-17(18)21(28)23-19/h3-4,7-8H,1-2,5-6,9-16H2,(H,22,23,28). The molecular weight excluding hydrogens is 354 g/mol. The maximum Gasteiger partial charge on any atom is 0.258 e. The van der Waals surface area contributed by atoms with Gasteiger partial charge in [-0.05, 0) is 25.0 Å². The van der Waals surface area contributed by atoms with Crippen LogP contribution in [0.1, 0.15) is 31.5 Å². The molecule has 4 rings (SSSR count). The normalized spacial score (nSPS) is 19.6. The Balaban J connectivity index is 1.29. The van der Waals surface area contributed by atoms with Crippen molar-refractivity contribution in [3.8, 4) is 0 Å². The first kappa shape index (κ1) is 19.1. The van der Waals surface area contributed by atoms with Crippen LogP contribution in [0.5, 0.6) is 0 Å². The fraction of sp³-hybridized carbons (Fsp3) is 0.571. The Morgan fingerprint density at radius 1 is 0.929 bits per heavy atom. The second kappa shape index (κ2) is 8.84. The van der Waals surface area contributed by atoms with E-state index >= 15 is 0 Å². The van der Waals surface area contributed by atoms with Crippen LogP contribution in [0.25, 0.3) is 10.9 Å². The highest BCUT2D eigenvalue weighted by Gasteiger charge is 2.22. The van der Waals surface area contributed by atoms with Crippen molar-refractivity contribution in [1.82, 2.24) is 24.7 Å². The van der Waals surface area contributed by atoms with Crippen molar-refractivity contribution in [2.45, 2.75) is 32.2 Å². The number of amides is 1. The average molecular weight is 383 g/mol. The summed E-state index contributed by atoms with van der Waals surface area (Å²) in [6, 6.07) is 7.43. The summed E-state index contributed by atoms with van der Waals surface area (Å²) in [6.07, 6.45) is 4.76. The van der Waals surface area contributed by atoms with Crippen LogP contribution in [0.4, 0.5) is 0 Å². The van der Waals surface area contributed by atoms with Gasteiger partial charge in [-0.3, -0.25) is 19.4 Å². The van der Waals surface area contributed by atoms with E-state index in [9.17, 15) is 9.59 Å². The highest BCUT2D eigenvalue weighted by Crippen LogP contribution is 2.12. The zero-order chi connectivity index (χ0) is 19.3. The summed E-state index contributed by atoms with van der Waals surface area (Å²) >= 11 is 0. The number of nitrogens with one attached hydrogen (secondary N) is 1. The number of likely N-dealkylation sites (tertiary alicyclic amines) is 1. The van der Waals surface area contributed by atoms with Gasteiger partial charge in [0.15, 0.2) is 0 Å². The minimum Gasteiger partial charge on any atom is -0.342 e. The topological polar surface area (TPSA) is 72.5 Å². The number of carbonyl (C=O) groups is 1. The van der Waals surface area contributed by atoms with Crippen molar-refractivity contribution in [2.75, 3.05) is 45.8 Å². The molecule has 7 heteroatoms. The van der Waals surface area contributed by atoms with E-state index in [1.54, 1.807) is 6.07 Å². The van der Waals surface area contributed by atoms with E-state index in [0.717, 1.165) is 57.6 Å². The summed E-state index contributed by atoms with van der Waals surface area (Å²) in [4.78, 5) is 38.9. The van der Waals surface area contributed by atoms with Crippen molar-refractivity contribution in [1.29, 1.82) is 0 Å². The lowest BCUT2D eigenvalue weighted by molar-refractivity contribution is -0.132. The number of hydrogen-bond acceptors (Lipinski definition) is 5. The van der Waals surface area contributed by atoms with E-state index in [4.69, 9.17) is 0 Å². The predicted molar refractivity (Wildman–Crippen MR) is 109 cm³/mol. The third kappa shape index (κ3) is 4.59. The van der Waals surface area contributed by atoms with Gasteiger partial charge in [0.1, 0.15) is 5.82 Å². The molecule has 1 aromatic carbocycles. The molecule has 0 unspecified atom stereocenters. The average Bonchev–Trinajstić information content (AvgIpc) is 2.99. The highest BCUT2D eigenvalue weighted by molar-refractivity contribution is 5.78. The molecule has 2 fully saturated rings. The second-order valence-electron chi connectivity index (χ2n) is 7.88. The Bertz CT molecular complexity index is 864. The number of piperazine rings is 1. The number of nitrogens with zero attached hydrogens (tertiary/aromatic N) is 4. The largest absolute Gasteiger partial charge is 0.342 e. The molecule has 2 aliphatic rings. The van der Waals surface area contributed by atoms with Gasteiger partial charge < -0.3 is 9.88 Å². The fourth-order valence-electron chi connectivity index (χ4n) is 4.14. The van der Waals surface area contributed by atoms with Crippen LogP contribution in [-0.2, 0) is 11.3 Å². The maximum absolute atomic E-state index is 12.6. The van der Waals surface area contributed by atoms with Gasteiger partial charge in [0.25, 0.3) is 5.56 Å². The molecule has 0 radical (unpaired) electrons. The Morgan fingerprint density at radius 3 is 2.36 bits per heavy atom. The van der Waals surface area contributed by atoms with Gasteiger partial charge in [-0.25, -0.2) is 4.98 Å². The number of para-hydroxylation sites is 1. The van der Waals surface area contributed by atoms with Gasteiger partial charge in [0.05, 0.1) is 24.0 Å². The first-order valence-corrected chi connectivity index (χ1v) is 10.4. The van der Waals surface area contributed by atoms with Gasteiger partial charge in [-0.15, -0.1) is 0 Å². The van der Waals surface area contributed by atoms with Gasteiger partial charge >= 0.3 is 0 Å². The summed E-state index contributed by atoms with van der Waals surface area (Å²) < 4.78 is 0. The monoisotopic (exact) mass is 383 g/mol. The zero-order valence-corrected chi connectivity index (χ0v) is 16.4. The van der Waals surface area contributed by atoms with Gasteiger partial charge in [-0.1, -0.05) is 25.0 Å². The van der Waals surface area contributed by atoms with Crippen LogP contribution in [0.2, 0.25) is 0 Å². The summed E-state index contributed by atoms with van der Waals surface area (Å²) in [5.74, 6) is 0.980. The van der Waals surface area contributed by atoms with E-state index in [-0.39, 0.29) is 11.5 Å². The molecule has 0 saturated carbocycles. The molecule has 7 nitrogen and oxygen atoms in total. The zero-order valence-electron chi connectivity index (χ0n) is 16.4. The molecule has 2 saturated heterocycles. The number of carbonyl (C=O) groups excluding carboxylic acids is 1. The molecule has 1 aromatic heterocycles. The Morgan fingerprint density at radius 2 is 1.61 bits per heavy atom. The van der Waals surface area contributed by atoms with Crippen molar-refractivity contribution < 1.29 is 4.79 Å². The van der Waals surface area contributed by atoms with Crippen LogP contribution in [0, 0.1) is 0 Å². The molecule has 28 heavy (non-hydrogen) atoms. The molecule has 0 spiro atoms. The number of aromatic nitrogens is 2. The Kier molecular flexibility index (Phi) is 6.02. The van der Waals surface area contributed by atoms with E-state index in [2.05, 4.69) is 19.8 Å². The molecule has 0 bridgehead atoms. The SMILES string of the molecule is O=C(CN1CCN(Cc2nc3ccccc3c(=O)[nH]2)CC1)N1CCCCCC1. The third-order valence-corrected chi connectivity index (χ3v) is 5.82. The second-order valence-corrected chi connectivity index (χ2v) is 7.88. The number of H-pyrrole nitrogens is 1. The molecule has 2 aliphatic heterocycles. The molecule has 1 N–H and O–H groups in total. The molecular formula is C21H29N5O2. The number of aromatic amines is 1. The number of rotatable bonds is 4.